The maximum atomic E-state index is 2.44. The minimum Gasteiger partial charge on any atom is -0.0654 e. The van der Waals surface area contributed by atoms with Gasteiger partial charge in [0.05, 0.1) is 0 Å². The van der Waals surface area contributed by atoms with Crippen molar-refractivity contribution < 1.29 is 0 Å². The normalized spacial score (nSPS) is 35.1. The molecule has 0 atom stereocenters. The van der Waals surface area contributed by atoms with E-state index in [0.717, 1.165) is 29.1 Å². The average molecular weight is 389 g/mol. The highest BCUT2D eigenvalue weighted by atomic mass is 14.4. The van der Waals surface area contributed by atoms with Gasteiger partial charge in [-0.2, -0.15) is 0 Å². The van der Waals surface area contributed by atoms with E-state index in [9.17, 15) is 0 Å². The van der Waals surface area contributed by atoms with Crippen LogP contribution < -0.4 is 0 Å². The summed E-state index contributed by atoms with van der Waals surface area (Å²) >= 11 is 0. The van der Waals surface area contributed by atoms with E-state index in [4.69, 9.17) is 0 Å². The van der Waals surface area contributed by atoms with Crippen LogP contribution in [-0.4, -0.2) is 0 Å². The third-order valence-electron chi connectivity index (χ3n) is 9.45. The van der Waals surface area contributed by atoms with Crippen molar-refractivity contribution in [1.82, 2.24) is 0 Å². The van der Waals surface area contributed by atoms with Gasteiger partial charge in [-0.3, -0.25) is 0 Å². The van der Waals surface area contributed by atoms with Crippen LogP contribution in [0.25, 0.3) is 0 Å². The predicted molar refractivity (Wildman–Crippen MR) is 125 cm³/mol. The predicted octanol–water partition coefficient (Wildman–Crippen LogP) is 9.71. The van der Waals surface area contributed by atoms with Crippen LogP contribution in [0, 0.1) is 29.1 Å². The zero-order valence-electron chi connectivity index (χ0n) is 19.7. The molecule has 3 aliphatic rings. The van der Waals surface area contributed by atoms with E-state index < -0.39 is 0 Å². The molecular formula is C28H52. The number of hydrogen-bond donors (Lipinski definition) is 0. The molecule has 0 aliphatic heterocycles. The minimum absolute atomic E-state index is 0.748. The number of rotatable bonds is 10. The summed E-state index contributed by atoms with van der Waals surface area (Å²) in [5.41, 5.74) is 0.748. The zero-order valence-corrected chi connectivity index (χ0v) is 19.7. The molecule has 3 fully saturated rings. The van der Waals surface area contributed by atoms with E-state index in [1.54, 1.807) is 77.0 Å². The molecule has 0 unspecified atom stereocenters. The first kappa shape index (κ1) is 22.7. The first-order valence-corrected chi connectivity index (χ1v) is 13.7. The van der Waals surface area contributed by atoms with Crippen LogP contribution in [0.1, 0.15) is 149 Å². The molecule has 0 bridgehead atoms. The van der Waals surface area contributed by atoms with Gasteiger partial charge in [0.15, 0.2) is 0 Å². The molecule has 164 valence electrons. The van der Waals surface area contributed by atoms with Gasteiger partial charge in [0.1, 0.15) is 0 Å². The van der Waals surface area contributed by atoms with Crippen molar-refractivity contribution in [3.05, 3.63) is 0 Å². The first-order valence-electron chi connectivity index (χ1n) is 13.7. The summed E-state index contributed by atoms with van der Waals surface area (Å²) in [7, 11) is 0. The van der Waals surface area contributed by atoms with Crippen molar-refractivity contribution in [2.24, 2.45) is 29.1 Å². The Bertz CT molecular complexity index is 388. The topological polar surface area (TPSA) is 0 Å². The summed E-state index contributed by atoms with van der Waals surface area (Å²) in [5, 5.41) is 0. The van der Waals surface area contributed by atoms with Crippen molar-refractivity contribution in [2.75, 3.05) is 0 Å². The second-order valence-electron chi connectivity index (χ2n) is 11.4. The summed E-state index contributed by atoms with van der Waals surface area (Å²) in [6.07, 6.45) is 32.2. The second kappa shape index (κ2) is 12.0. The highest BCUT2D eigenvalue weighted by Gasteiger charge is 2.37. The fourth-order valence-corrected chi connectivity index (χ4v) is 7.49. The summed E-state index contributed by atoms with van der Waals surface area (Å²) in [5.74, 6) is 4.37. The smallest absolute Gasteiger partial charge is 0.0297 e. The van der Waals surface area contributed by atoms with Gasteiger partial charge in [-0.15, -0.1) is 0 Å². The van der Waals surface area contributed by atoms with Gasteiger partial charge in [-0.05, 0) is 74.0 Å². The van der Waals surface area contributed by atoms with Crippen molar-refractivity contribution in [3.8, 4) is 0 Å². The Morgan fingerprint density at radius 3 is 1.79 bits per heavy atom. The Morgan fingerprint density at radius 2 is 1.18 bits per heavy atom. The fourth-order valence-electron chi connectivity index (χ4n) is 7.49. The molecule has 0 saturated heterocycles. The largest absolute Gasteiger partial charge is 0.0654 e. The van der Waals surface area contributed by atoms with E-state index in [2.05, 4.69) is 13.8 Å². The van der Waals surface area contributed by atoms with E-state index >= 15 is 0 Å². The van der Waals surface area contributed by atoms with Gasteiger partial charge < -0.3 is 0 Å². The molecule has 3 saturated carbocycles. The molecule has 28 heavy (non-hydrogen) atoms. The summed E-state index contributed by atoms with van der Waals surface area (Å²) in [4.78, 5) is 0. The molecule has 0 aromatic heterocycles. The lowest BCUT2D eigenvalue weighted by Crippen LogP contribution is -2.32. The molecule has 0 amide bonds. The fraction of sp³-hybridized carbons (Fsp3) is 1.00. The van der Waals surface area contributed by atoms with Gasteiger partial charge in [0, 0.05) is 0 Å². The number of unbranched alkanes of at least 4 members (excludes halogenated alkanes) is 2. The van der Waals surface area contributed by atoms with Crippen LogP contribution in [0.15, 0.2) is 0 Å². The SMILES string of the molecule is CCCCCC1CCC(CCC2(CCC)CCC(C3CCCCC3)CC2)CC1. The molecule has 0 radical (unpaired) electrons. The van der Waals surface area contributed by atoms with Crippen LogP contribution in [0.5, 0.6) is 0 Å². The molecule has 0 N–H and O–H groups in total. The van der Waals surface area contributed by atoms with Crippen molar-refractivity contribution in [3.63, 3.8) is 0 Å². The summed E-state index contributed by atoms with van der Waals surface area (Å²) in [6.45, 7) is 4.78. The van der Waals surface area contributed by atoms with Crippen molar-refractivity contribution >= 4 is 0 Å². The van der Waals surface area contributed by atoms with Crippen LogP contribution in [-0.2, 0) is 0 Å². The van der Waals surface area contributed by atoms with Crippen LogP contribution in [0.2, 0.25) is 0 Å². The molecule has 0 heteroatoms. The maximum absolute atomic E-state index is 2.44. The molecular weight excluding hydrogens is 336 g/mol. The zero-order chi connectivity index (χ0) is 19.7. The van der Waals surface area contributed by atoms with Gasteiger partial charge in [-0.1, -0.05) is 104 Å². The van der Waals surface area contributed by atoms with Crippen LogP contribution in [0.4, 0.5) is 0 Å². The van der Waals surface area contributed by atoms with Gasteiger partial charge in [0.2, 0.25) is 0 Å². The van der Waals surface area contributed by atoms with E-state index in [0.29, 0.717) is 0 Å². The maximum Gasteiger partial charge on any atom is -0.0297 e. The highest BCUT2D eigenvalue weighted by Crippen LogP contribution is 2.50. The molecule has 0 nitrogen and oxygen atoms in total. The Morgan fingerprint density at radius 1 is 0.571 bits per heavy atom. The Balaban J connectivity index is 1.39. The average Bonchev–Trinajstić information content (AvgIpc) is 2.75. The molecule has 3 rings (SSSR count). The Kier molecular flexibility index (Phi) is 9.72. The summed E-state index contributed by atoms with van der Waals surface area (Å²) in [6, 6.07) is 0. The molecule has 0 spiro atoms. The number of hydrogen-bond acceptors (Lipinski definition) is 0. The van der Waals surface area contributed by atoms with Crippen LogP contribution >= 0.6 is 0 Å². The van der Waals surface area contributed by atoms with Crippen molar-refractivity contribution in [2.45, 2.75) is 149 Å². The van der Waals surface area contributed by atoms with Crippen molar-refractivity contribution in [1.29, 1.82) is 0 Å². The van der Waals surface area contributed by atoms with Gasteiger partial charge >= 0.3 is 0 Å². The second-order valence-corrected chi connectivity index (χ2v) is 11.4. The third-order valence-corrected chi connectivity index (χ3v) is 9.45. The Hall–Kier alpha value is 0. The standard InChI is InChI=1S/C28H52/c1-3-5-7-10-24-13-15-25(16-14-24)17-21-28(20-4-2)22-18-27(19-23-28)26-11-8-6-9-12-26/h24-27H,3-23H2,1-2H3. The Labute approximate surface area is 178 Å². The highest BCUT2D eigenvalue weighted by molar-refractivity contribution is 4.89. The molecule has 3 aliphatic carbocycles. The molecule has 0 aromatic carbocycles. The molecule has 0 aromatic rings. The van der Waals surface area contributed by atoms with Gasteiger partial charge in [-0.25, -0.2) is 0 Å². The first-order chi connectivity index (χ1) is 13.7. The van der Waals surface area contributed by atoms with Crippen LogP contribution in [0.3, 0.4) is 0 Å². The van der Waals surface area contributed by atoms with E-state index in [-0.39, 0.29) is 0 Å². The lowest BCUT2D eigenvalue weighted by molar-refractivity contribution is 0.0754. The lowest BCUT2D eigenvalue weighted by atomic mass is 9.61. The van der Waals surface area contributed by atoms with E-state index in [1.165, 1.54) is 57.8 Å². The summed E-state index contributed by atoms with van der Waals surface area (Å²) < 4.78 is 0. The van der Waals surface area contributed by atoms with E-state index in [1.807, 2.05) is 0 Å². The quantitative estimate of drug-likeness (QED) is 0.327. The lowest BCUT2D eigenvalue weighted by Gasteiger charge is -2.44. The van der Waals surface area contributed by atoms with Gasteiger partial charge in [0.25, 0.3) is 0 Å². The minimum atomic E-state index is 0.748. The third kappa shape index (κ3) is 6.77. The monoisotopic (exact) mass is 388 g/mol. The molecule has 0 heterocycles.